The Kier molecular flexibility index (Phi) is 10.5. The Balaban J connectivity index is 0.000000731. The summed E-state index contributed by atoms with van der Waals surface area (Å²) in [6.07, 6.45) is -1.52. The van der Waals surface area contributed by atoms with Gasteiger partial charge in [0.25, 0.3) is 21.9 Å². The second-order valence-electron chi connectivity index (χ2n) is 10.0. The third-order valence-electron chi connectivity index (χ3n) is 6.72. The molecule has 3 aromatic carbocycles. The van der Waals surface area contributed by atoms with Gasteiger partial charge in [-0.25, -0.2) is 0 Å². The number of fused-ring (bicyclic) bond motifs is 1. The Hall–Kier alpha value is -5.14. The third-order valence-corrected chi connectivity index (χ3v) is 7.45. The van der Waals surface area contributed by atoms with Crippen molar-refractivity contribution in [2.75, 3.05) is 11.1 Å². The molecule has 9 nitrogen and oxygen atoms in total. The summed E-state index contributed by atoms with van der Waals surface area (Å²) in [6.45, 7) is 3.20. The van der Waals surface area contributed by atoms with E-state index in [1.54, 1.807) is 66.9 Å². The Morgan fingerprint density at radius 1 is 0.891 bits per heavy atom. The second-order valence-corrected chi connectivity index (χ2v) is 11.8. The Morgan fingerprint density at radius 3 is 2.22 bits per heavy atom. The monoisotopic (exact) mass is 650 g/mol. The third kappa shape index (κ3) is 8.96. The first kappa shape index (κ1) is 33.7. The maximum Gasteiger partial charge on any atom is 0.416 e. The van der Waals surface area contributed by atoms with Crippen LogP contribution >= 0.6 is 0 Å². The summed E-state index contributed by atoms with van der Waals surface area (Å²) in [5.74, 6) is -1.21. The summed E-state index contributed by atoms with van der Waals surface area (Å²) in [4.78, 5) is 34.6. The number of hydrogen-bond donors (Lipinski definition) is 3. The van der Waals surface area contributed by atoms with E-state index in [1.807, 2.05) is 19.1 Å². The number of benzene rings is 3. The van der Waals surface area contributed by atoms with Crippen molar-refractivity contribution in [2.45, 2.75) is 26.1 Å². The van der Waals surface area contributed by atoms with E-state index in [0.29, 0.717) is 33.3 Å². The lowest BCUT2D eigenvalue weighted by molar-refractivity contribution is -0.137. The van der Waals surface area contributed by atoms with Crippen LogP contribution in [0.4, 0.5) is 18.9 Å². The van der Waals surface area contributed by atoms with Gasteiger partial charge in [0.05, 0.1) is 34.1 Å². The van der Waals surface area contributed by atoms with Crippen LogP contribution in [0.5, 0.6) is 0 Å². The number of aromatic nitrogens is 2. The Labute approximate surface area is 263 Å². The zero-order valence-electron chi connectivity index (χ0n) is 24.6. The van der Waals surface area contributed by atoms with Crippen LogP contribution in [0, 0.1) is 0 Å². The van der Waals surface area contributed by atoms with E-state index in [-0.39, 0.29) is 23.3 Å². The highest BCUT2D eigenvalue weighted by Crippen LogP contribution is 2.34. The number of carbonyl (C=O) groups excluding carboxylic acids is 2. The quantitative estimate of drug-likeness (QED) is 0.162. The molecule has 1 unspecified atom stereocenters. The first-order valence-corrected chi connectivity index (χ1v) is 15.5. The van der Waals surface area contributed by atoms with Crippen molar-refractivity contribution >= 4 is 38.5 Å². The number of halogens is 3. The number of anilines is 1. The molecule has 0 saturated carbocycles. The summed E-state index contributed by atoms with van der Waals surface area (Å²) < 4.78 is 67.2. The average Bonchev–Trinajstić information content (AvgIpc) is 3.04. The number of amides is 2. The van der Waals surface area contributed by atoms with Crippen LogP contribution in [0.15, 0.2) is 103 Å². The van der Waals surface area contributed by atoms with Crippen molar-refractivity contribution in [3.05, 3.63) is 126 Å². The van der Waals surface area contributed by atoms with Crippen molar-refractivity contribution < 1.29 is 35.7 Å². The van der Waals surface area contributed by atoms with E-state index in [9.17, 15) is 31.2 Å². The van der Waals surface area contributed by atoms with Crippen LogP contribution in [-0.2, 0) is 16.3 Å². The molecule has 5 rings (SSSR count). The SMILES string of the molecule is CC(NC(=O)c1cnc2cc(NC(=O)c3cc(C(F)(F)F)ccc3-c3ccccc3)ccc2c1)c1ccccn1.CCS(=O)(=O)O. The predicted octanol–water partition coefficient (Wildman–Crippen LogP) is 6.95. The minimum atomic E-state index is -4.60. The number of alkyl halides is 3. The first-order valence-electron chi connectivity index (χ1n) is 13.9. The van der Waals surface area contributed by atoms with E-state index in [2.05, 4.69) is 20.6 Å². The fourth-order valence-electron chi connectivity index (χ4n) is 4.29. The van der Waals surface area contributed by atoms with Crippen LogP contribution in [0.3, 0.4) is 0 Å². The maximum absolute atomic E-state index is 13.4. The van der Waals surface area contributed by atoms with Gasteiger partial charge in [0.15, 0.2) is 0 Å². The van der Waals surface area contributed by atoms with Gasteiger partial charge in [-0.15, -0.1) is 0 Å². The van der Waals surface area contributed by atoms with E-state index in [1.165, 1.54) is 19.2 Å². The molecule has 238 valence electrons. The van der Waals surface area contributed by atoms with Gasteiger partial charge < -0.3 is 10.6 Å². The predicted molar refractivity (Wildman–Crippen MR) is 169 cm³/mol. The lowest BCUT2D eigenvalue weighted by atomic mass is 9.96. The number of nitrogens with zero attached hydrogens (tertiary/aromatic N) is 2. The molecule has 0 bridgehead atoms. The molecule has 0 saturated heterocycles. The van der Waals surface area contributed by atoms with Crippen molar-refractivity contribution in [2.24, 2.45) is 0 Å². The number of carbonyl (C=O) groups is 2. The fraction of sp³-hybridized carbons (Fsp3) is 0.152. The zero-order valence-corrected chi connectivity index (χ0v) is 25.4. The Bertz CT molecular complexity index is 1960. The molecule has 0 aliphatic carbocycles. The number of hydrogen-bond acceptors (Lipinski definition) is 6. The lowest BCUT2D eigenvalue weighted by Gasteiger charge is -2.15. The molecule has 2 amide bonds. The summed E-state index contributed by atoms with van der Waals surface area (Å²) >= 11 is 0. The molecule has 0 spiro atoms. The molecular weight excluding hydrogens is 621 g/mol. The molecule has 0 fully saturated rings. The largest absolute Gasteiger partial charge is 0.416 e. The first-order chi connectivity index (χ1) is 21.7. The minimum absolute atomic E-state index is 0.108. The van der Waals surface area contributed by atoms with Gasteiger partial charge in [-0.05, 0) is 67.4 Å². The minimum Gasteiger partial charge on any atom is -0.344 e. The van der Waals surface area contributed by atoms with E-state index < -0.39 is 27.8 Å². The lowest BCUT2D eigenvalue weighted by Crippen LogP contribution is -2.27. The van der Waals surface area contributed by atoms with Crippen molar-refractivity contribution in [3.63, 3.8) is 0 Å². The molecule has 2 aromatic heterocycles. The van der Waals surface area contributed by atoms with Crippen LogP contribution in [0.2, 0.25) is 0 Å². The molecule has 0 aliphatic rings. The maximum atomic E-state index is 13.4. The van der Waals surface area contributed by atoms with Crippen LogP contribution in [-0.4, -0.2) is 40.5 Å². The highest BCUT2D eigenvalue weighted by atomic mass is 32.2. The fourth-order valence-corrected chi connectivity index (χ4v) is 4.29. The van der Waals surface area contributed by atoms with E-state index in [4.69, 9.17) is 4.55 Å². The van der Waals surface area contributed by atoms with Gasteiger partial charge in [0.2, 0.25) is 0 Å². The number of rotatable bonds is 7. The van der Waals surface area contributed by atoms with Crippen LogP contribution in [0.1, 0.15) is 51.9 Å². The van der Waals surface area contributed by atoms with Gasteiger partial charge in [0, 0.05) is 29.0 Å². The Morgan fingerprint density at radius 2 is 1.59 bits per heavy atom. The van der Waals surface area contributed by atoms with Crippen molar-refractivity contribution in [3.8, 4) is 11.1 Å². The highest BCUT2D eigenvalue weighted by Gasteiger charge is 2.32. The topological polar surface area (TPSA) is 138 Å². The van der Waals surface area contributed by atoms with Crippen molar-refractivity contribution in [1.29, 1.82) is 0 Å². The van der Waals surface area contributed by atoms with Crippen LogP contribution in [0.25, 0.3) is 22.0 Å². The van der Waals surface area contributed by atoms with Gasteiger partial charge in [-0.1, -0.05) is 48.5 Å². The summed E-state index contributed by atoms with van der Waals surface area (Å²) in [5, 5.41) is 6.23. The molecule has 3 N–H and O–H groups in total. The second kappa shape index (κ2) is 14.3. The summed E-state index contributed by atoms with van der Waals surface area (Å²) in [6, 6.07) is 23.6. The van der Waals surface area contributed by atoms with Gasteiger partial charge in [-0.2, -0.15) is 21.6 Å². The molecule has 5 aromatic rings. The van der Waals surface area contributed by atoms with Crippen molar-refractivity contribution in [1.82, 2.24) is 15.3 Å². The molecule has 0 radical (unpaired) electrons. The molecule has 46 heavy (non-hydrogen) atoms. The average molecular weight is 651 g/mol. The number of nitrogens with one attached hydrogen (secondary N) is 2. The summed E-state index contributed by atoms with van der Waals surface area (Å²) in [7, 11) is -3.66. The van der Waals surface area contributed by atoms with Gasteiger partial charge >= 0.3 is 6.18 Å². The van der Waals surface area contributed by atoms with Gasteiger partial charge in [0.1, 0.15) is 0 Å². The van der Waals surface area contributed by atoms with E-state index in [0.717, 1.165) is 17.8 Å². The molecule has 1 atom stereocenters. The normalized spacial score (nSPS) is 12.0. The highest BCUT2D eigenvalue weighted by molar-refractivity contribution is 7.85. The smallest absolute Gasteiger partial charge is 0.344 e. The molecular formula is C33H29F3N4O5S. The molecule has 13 heteroatoms. The standard InChI is InChI=1S/C31H23F3N4O2.C2H6O3S/c1-19(27-9-5-6-14-35-27)37-29(39)22-15-21-10-12-24(17-28(21)36-18-22)38-30(40)26-16-23(31(32,33)34)11-13-25(26)20-7-3-2-4-8-20;1-2-6(3,4)5/h2-19H,1H3,(H,37,39)(H,38,40);2H2,1H3,(H,3,4,5). The van der Waals surface area contributed by atoms with Gasteiger partial charge in [-0.3, -0.25) is 24.1 Å². The van der Waals surface area contributed by atoms with E-state index >= 15 is 0 Å². The summed E-state index contributed by atoms with van der Waals surface area (Å²) in [5.41, 5.74) is 1.89. The molecule has 0 aliphatic heterocycles. The number of pyridine rings is 2. The van der Waals surface area contributed by atoms with Crippen LogP contribution < -0.4 is 10.6 Å². The zero-order chi connectivity index (χ0) is 33.5. The molecule has 2 heterocycles.